The van der Waals surface area contributed by atoms with Gasteiger partial charge in [-0.1, -0.05) is 5.57 Å². The molecule has 0 radical (unpaired) electrons. The van der Waals surface area contributed by atoms with Crippen LogP contribution in [0.15, 0.2) is 35.3 Å². The zero-order valence-corrected chi connectivity index (χ0v) is 10.6. The fourth-order valence-corrected chi connectivity index (χ4v) is 0.867. The van der Waals surface area contributed by atoms with Crippen molar-refractivity contribution in [3.05, 3.63) is 35.3 Å². The lowest BCUT2D eigenvalue weighted by Crippen LogP contribution is -2.13. The first kappa shape index (κ1) is 13.8. The summed E-state index contributed by atoms with van der Waals surface area (Å²) in [6.45, 7) is 11.8. The summed E-state index contributed by atoms with van der Waals surface area (Å²) in [7, 11) is 0. The van der Waals surface area contributed by atoms with Gasteiger partial charge in [-0.15, -0.1) is 0 Å². The molecular formula is C13H22O2. The van der Waals surface area contributed by atoms with Gasteiger partial charge in [-0.3, -0.25) is 0 Å². The van der Waals surface area contributed by atoms with Crippen LogP contribution in [0.5, 0.6) is 0 Å². The Kier molecular flexibility index (Phi) is 6.59. The average Bonchev–Trinajstić information content (AvgIpc) is 2.16. The molecule has 0 aliphatic carbocycles. The standard InChI is InChI=1S/C13H22O2/c1-7-11(5)14-13(9-10(3)4)15-12(6)8-2/h7-9,13H,1-6H3. The largest absolute Gasteiger partial charge is 0.456 e. The Morgan fingerprint density at radius 3 is 1.53 bits per heavy atom. The maximum absolute atomic E-state index is 5.60. The van der Waals surface area contributed by atoms with E-state index >= 15 is 0 Å². The third kappa shape index (κ3) is 6.83. The van der Waals surface area contributed by atoms with Crippen LogP contribution in [-0.2, 0) is 9.47 Å². The van der Waals surface area contributed by atoms with Crippen molar-refractivity contribution >= 4 is 0 Å². The number of rotatable bonds is 5. The van der Waals surface area contributed by atoms with Crippen molar-refractivity contribution in [2.45, 2.75) is 47.8 Å². The molecule has 0 aromatic heterocycles. The van der Waals surface area contributed by atoms with Gasteiger partial charge < -0.3 is 9.47 Å². The van der Waals surface area contributed by atoms with Crippen molar-refractivity contribution in [3.63, 3.8) is 0 Å². The van der Waals surface area contributed by atoms with E-state index in [4.69, 9.17) is 9.47 Å². The van der Waals surface area contributed by atoms with Gasteiger partial charge in [0, 0.05) is 0 Å². The van der Waals surface area contributed by atoms with E-state index in [9.17, 15) is 0 Å². The van der Waals surface area contributed by atoms with Crippen LogP contribution >= 0.6 is 0 Å². The van der Waals surface area contributed by atoms with Crippen LogP contribution in [0, 0.1) is 0 Å². The van der Waals surface area contributed by atoms with E-state index in [0.29, 0.717) is 0 Å². The number of allylic oxidation sites excluding steroid dienone is 5. The fourth-order valence-electron chi connectivity index (χ4n) is 0.867. The predicted molar refractivity (Wildman–Crippen MR) is 64.3 cm³/mol. The van der Waals surface area contributed by atoms with Crippen LogP contribution in [0.2, 0.25) is 0 Å². The molecule has 0 N–H and O–H groups in total. The molecular weight excluding hydrogens is 188 g/mol. The topological polar surface area (TPSA) is 18.5 Å². The Labute approximate surface area is 93.3 Å². The first-order valence-electron chi connectivity index (χ1n) is 5.23. The van der Waals surface area contributed by atoms with Gasteiger partial charge in [-0.25, -0.2) is 0 Å². The second kappa shape index (κ2) is 7.16. The summed E-state index contributed by atoms with van der Waals surface area (Å²) in [6.07, 6.45) is 5.46. The smallest absolute Gasteiger partial charge is 0.259 e. The van der Waals surface area contributed by atoms with E-state index in [1.807, 2.05) is 59.8 Å². The van der Waals surface area contributed by atoms with Crippen molar-refractivity contribution in [1.29, 1.82) is 0 Å². The van der Waals surface area contributed by atoms with Crippen LogP contribution in [0.3, 0.4) is 0 Å². The molecule has 0 aliphatic heterocycles. The van der Waals surface area contributed by atoms with Crippen molar-refractivity contribution in [3.8, 4) is 0 Å². The van der Waals surface area contributed by atoms with Crippen LogP contribution < -0.4 is 0 Å². The number of ether oxygens (including phenoxy) is 2. The van der Waals surface area contributed by atoms with E-state index in [-0.39, 0.29) is 6.29 Å². The van der Waals surface area contributed by atoms with Crippen LogP contribution in [0.1, 0.15) is 41.5 Å². The summed E-state index contributed by atoms with van der Waals surface area (Å²) in [5, 5.41) is 0. The molecule has 86 valence electrons. The zero-order chi connectivity index (χ0) is 11.8. The second-order valence-corrected chi connectivity index (χ2v) is 3.65. The summed E-state index contributed by atoms with van der Waals surface area (Å²) in [4.78, 5) is 0. The Morgan fingerprint density at radius 1 is 0.867 bits per heavy atom. The van der Waals surface area contributed by atoms with E-state index in [1.54, 1.807) is 0 Å². The van der Waals surface area contributed by atoms with Gasteiger partial charge in [0.1, 0.15) is 0 Å². The second-order valence-electron chi connectivity index (χ2n) is 3.65. The molecule has 0 saturated carbocycles. The molecule has 0 spiro atoms. The van der Waals surface area contributed by atoms with Gasteiger partial charge in [0.15, 0.2) is 0 Å². The SMILES string of the molecule is CC=C(C)OC(C=C(C)C)OC(C)=CC. The third-order valence-corrected chi connectivity index (χ3v) is 1.89. The minimum Gasteiger partial charge on any atom is -0.456 e. The fraction of sp³-hybridized carbons (Fsp3) is 0.538. The minimum absolute atomic E-state index is 0.331. The Bertz CT molecular complexity index is 248. The van der Waals surface area contributed by atoms with Crippen molar-refractivity contribution in [2.75, 3.05) is 0 Å². The molecule has 0 heterocycles. The maximum Gasteiger partial charge on any atom is 0.259 e. The summed E-state index contributed by atoms with van der Waals surface area (Å²) in [5.74, 6) is 1.72. The minimum atomic E-state index is -0.331. The molecule has 2 heteroatoms. The summed E-state index contributed by atoms with van der Waals surface area (Å²) < 4.78 is 11.2. The lowest BCUT2D eigenvalue weighted by molar-refractivity contribution is -0.0498. The predicted octanol–water partition coefficient (Wildman–Crippen LogP) is 4.16. The Hall–Kier alpha value is -1.18. The molecule has 0 bridgehead atoms. The Morgan fingerprint density at radius 2 is 1.27 bits per heavy atom. The lowest BCUT2D eigenvalue weighted by Gasteiger charge is -2.18. The monoisotopic (exact) mass is 210 g/mol. The zero-order valence-electron chi connectivity index (χ0n) is 10.6. The maximum atomic E-state index is 5.60. The Balaban J connectivity index is 4.52. The quantitative estimate of drug-likeness (QED) is 0.385. The third-order valence-electron chi connectivity index (χ3n) is 1.89. The summed E-state index contributed by atoms with van der Waals surface area (Å²) in [6, 6.07) is 0. The van der Waals surface area contributed by atoms with E-state index < -0.39 is 0 Å². The molecule has 0 unspecified atom stereocenters. The van der Waals surface area contributed by atoms with Crippen molar-refractivity contribution in [2.24, 2.45) is 0 Å². The first-order chi connectivity index (χ1) is 6.99. The average molecular weight is 210 g/mol. The van der Waals surface area contributed by atoms with Crippen molar-refractivity contribution < 1.29 is 9.47 Å². The van der Waals surface area contributed by atoms with Crippen LogP contribution in [-0.4, -0.2) is 6.29 Å². The number of hydrogen-bond donors (Lipinski definition) is 0. The highest BCUT2D eigenvalue weighted by molar-refractivity contribution is 5.00. The van der Waals surface area contributed by atoms with Gasteiger partial charge in [-0.05, 0) is 59.8 Å². The summed E-state index contributed by atoms with van der Waals surface area (Å²) >= 11 is 0. The molecule has 15 heavy (non-hydrogen) atoms. The molecule has 0 atom stereocenters. The highest BCUT2D eigenvalue weighted by atomic mass is 16.7. The summed E-state index contributed by atoms with van der Waals surface area (Å²) in [5.41, 5.74) is 1.17. The van der Waals surface area contributed by atoms with Crippen LogP contribution in [0.25, 0.3) is 0 Å². The van der Waals surface area contributed by atoms with Crippen LogP contribution in [0.4, 0.5) is 0 Å². The van der Waals surface area contributed by atoms with E-state index in [1.165, 1.54) is 5.57 Å². The molecule has 0 aromatic carbocycles. The molecule has 0 saturated heterocycles. The molecule has 0 aromatic rings. The molecule has 0 rings (SSSR count). The van der Waals surface area contributed by atoms with E-state index in [0.717, 1.165) is 11.5 Å². The normalized spacial score (nSPS) is 14.5. The molecule has 2 nitrogen and oxygen atoms in total. The molecule has 0 aliphatic rings. The van der Waals surface area contributed by atoms with Gasteiger partial charge in [-0.2, -0.15) is 0 Å². The van der Waals surface area contributed by atoms with E-state index in [2.05, 4.69) is 0 Å². The lowest BCUT2D eigenvalue weighted by atomic mass is 10.3. The van der Waals surface area contributed by atoms with Gasteiger partial charge in [0.2, 0.25) is 0 Å². The molecule has 0 amide bonds. The molecule has 0 fully saturated rings. The number of hydrogen-bond acceptors (Lipinski definition) is 2. The van der Waals surface area contributed by atoms with Crippen molar-refractivity contribution in [1.82, 2.24) is 0 Å². The first-order valence-corrected chi connectivity index (χ1v) is 5.23. The van der Waals surface area contributed by atoms with Gasteiger partial charge >= 0.3 is 0 Å². The highest BCUT2D eigenvalue weighted by Gasteiger charge is 2.07. The van der Waals surface area contributed by atoms with Gasteiger partial charge in [0.05, 0.1) is 11.5 Å². The van der Waals surface area contributed by atoms with Gasteiger partial charge in [0.25, 0.3) is 6.29 Å². The highest BCUT2D eigenvalue weighted by Crippen LogP contribution is 2.11.